The molecule has 5 nitrogen and oxygen atoms in total. The molecule has 0 radical (unpaired) electrons. The highest BCUT2D eigenvalue weighted by atomic mass is 31.1. The Morgan fingerprint density at radius 1 is 1.73 bits per heavy atom. The third kappa shape index (κ3) is 2.22. The summed E-state index contributed by atoms with van der Waals surface area (Å²) < 4.78 is 10.5. The molecule has 0 aliphatic carbocycles. The van der Waals surface area contributed by atoms with Crippen molar-refractivity contribution < 1.29 is 19.4 Å². The van der Waals surface area contributed by atoms with E-state index in [0.29, 0.717) is 6.42 Å². The predicted molar refractivity (Wildman–Crippen MR) is 39.3 cm³/mol. The Labute approximate surface area is 65.1 Å². The molecule has 0 aliphatic rings. The summed E-state index contributed by atoms with van der Waals surface area (Å²) in [6.07, 6.45) is 0.471. The van der Waals surface area contributed by atoms with Gasteiger partial charge in [0, 0.05) is 6.42 Å². The second-order valence-corrected chi connectivity index (χ2v) is 3.60. The zero-order valence-electron chi connectivity index (χ0n) is 6.15. The first kappa shape index (κ1) is 10.5. The summed E-state index contributed by atoms with van der Waals surface area (Å²) in [6, 6.07) is 0. The van der Waals surface area contributed by atoms with E-state index >= 15 is 0 Å². The van der Waals surface area contributed by atoms with Crippen LogP contribution in [-0.2, 0) is 9.36 Å². The predicted octanol–water partition coefficient (Wildman–Crippen LogP) is 0.261. The number of aliphatic carboxylic acids is 1. The van der Waals surface area contributed by atoms with Gasteiger partial charge in [-0.05, 0) is 11.0 Å². The Kier molecular flexibility index (Phi) is 3.58. The normalized spacial score (nSPS) is 17.2. The van der Waals surface area contributed by atoms with Crippen molar-refractivity contribution in [2.75, 3.05) is 0 Å². The highest BCUT2D eigenvalue weighted by molar-refractivity contribution is 7.41. The average Bonchev–Trinajstić information content (AvgIpc) is 1.87. The molecular formula is C5H11NO4P+. The van der Waals surface area contributed by atoms with Gasteiger partial charge in [-0.25, -0.2) is 4.79 Å². The van der Waals surface area contributed by atoms with Gasteiger partial charge < -0.3 is 5.11 Å². The van der Waals surface area contributed by atoms with Gasteiger partial charge in [0.25, 0.3) is 0 Å². The maximum atomic E-state index is 10.5. The molecule has 64 valence electrons. The van der Waals surface area contributed by atoms with Crippen LogP contribution in [0, 0.1) is 0 Å². The number of rotatable bonds is 4. The van der Waals surface area contributed by atoms with Gasteiger partial charge in [-0.3, -0.25) is 5.73 Å². The van der Waals surface area contributed by atoms with Crippen molar-refractivity contribution in [2.24, 2.45) is 5.73 Å². The van der Waals surface area contributed by atoms with Crippen molar-refractivity contribution in [1.82, 2.24) is 0 Å². The summed E-state index contributed by atoms with van der Waals surface area (Å²) in [7, 11) is -2.86. The van der Waals surface area contributed by atoms with Crippen molar-refractivity contribution in [1.29, 1.82) is 0 Å². The zero-order chi connectivity index (χ0) is 9.07. The molecule has 0 saturated heterocycles. The maximum Gasteiger partial charge on any atom is 0.540 e. The van der Waals surface area contributed by atoms with Gasteiger partial charge in [-0.15, -0.1) is 0 Å². The van der Waals surface area contributed by atoms with E-state index in [1.165, 1.54) is 0 Å². The van der Waals surface area contributed by atoms with Gasteiger partial charge >= 0.3 is 19.3 Å². The summed E-state index contributed by atoms with van der Waals surface area (Å²) in [5.74, 6) is -1.43. The topological polar surface area (TPSA) is 101 Å². The third-order valence-corrected chi connectivity index (χ3v) is 2.44. The number of carboxylic acids is 1. The Bertz CT molecular complexity index is 167. The van der Waals surface area contributed by atoms with Crippen LogP contribution in [0.3, 0.4) is 0 Å². The van der Waals surface area contributed by atoms with Gasteiger partial charge in [-0.2, -0.15) is 4.89 Å². The van der Waals surface area contributed by atoms with Crippen LogP contribution in [0.5, 0.6) is 0 Å². The lowest BCUT2D eigenvalue weighted by Crippen LogP contribution is -2.44. The molecule has 0 heterocycles. The number of nitrogens with two attached hydrogens (primary N) is 1. The molecule has 0 fully saturated rings. The SMILES string of the molecule is CCCC(N)(C(=O)O)[P+](=O)O. The average molecular weight is 180 g/mol. The Balaban J connectivity index is 4.52. The standard InChI is InChI=1S/C5H10NO4P/c1-2-3-5(6,4(7)8)11(9)10/h2-3,6H2,1H3,(H-,7,8,9,10)/p+1. The van der Waals surface area contributed by atoms with Crippen molar-refractivity contribution in [3.05, 3.63) is 0 Å². The van der Waals surface area contributed by atoms with E-state index in [1.807, 2.05) is 0 Å². The summed E-state index contributed by atoms with van der Waals surface area (Å²) >= 11 is 0. The van der Waals surface area contributed by atoms with Gasteiger partial charge in [0.2, 0.25) is 0 Å². The highest BCUT2D eigenvalue weighted by Crippen LogP contribution is 2.34. The fourth-order valence-corrected chi connectivity index (χ4v) is 1.24. The molecule has 0 aromatic carbocycles. The molecule has 0 amide bonds. The van der Waals surface area contributed by atoms with Gasteiger partial charge in [0.15, 0.2) is 0 Å². The molecular weight excluding hydrogens is 169 g/mol. The largest absolute Gasteiger partial charge is 0.540 e. The first-order valence-electron chi connectivity index (χ1n) is 3.13. The smallest absolute Gasteiger partial charge is 0.477 e. The second-order valence-electron chi connectivity index (χ2n) is 2.25. The number of hydrogen-bond donors (Lipinski definition) is 3. The van der Waals surface area contributed by atoms with Gasteiger partial charge in [0.1, 0.15) is 0 Å². The minimum Gasteiger partial charge on any atom is -0.477 e. The fourth-order valence-electron chi connectivity index (χ4n) is 0.666. The van der Waals surface area contributed by atoms with E-state index < -0.39 is 19.3 Å². The first-order valence-corrected chi connectivity index (χ1v) is 4.35. The van der Waals surface area contributed by atoms with Crippen LogP contribution in [0.4, 0.5) is 0 Å². The molecule has 4 N–H and O–H groups in total. The summed E-state index contributed by atoms with van der Waals surface area (Å²) in [4.78, 5) is 19.0. The van der Waals surface area contributed by atoms with E-state index in [-0.39, 0.29) is 6.42 Å². The zero-order valence-corrected chi connectivity index (χ0v) is 7.04. The highest BCUT2D eigenvalue weighted by Gasteiger charge is 2.52. The first-order chi connectivity index (χ1) is 4.95. The fraction of sp³-hybridized carbons (Fsp3) is 0.800. The molecule has 0 aliphatic heterocycles. The summed E-state index contributed by atoms with van der Waals surface area (Å²) in [5.41, 5.74) is 5.16. The maximum absolute atomic E-state index is 10.5. The van der Waals surface area contributed by atoms with Crippen LogP contribution < -0.4 is 5.73 Å². The van der Waals surface area contributed by atoms with Crippen LogP contribution in [0.15, 0.2) is 0 Å². The lowest BCUT2D eigenvalue weighted by atomic mass is 10.2. The van der Waals surface area contributed by atoms with Crippen LogP contribution in [-0.4, -0.2) is 21.2 Å². The van der Waals surface area contributed by atoms with E-state index in [9.17, 15) is 9.36 Å². The Morgan fingerprint density at radius 2 is 2.18 bits per heavy atom. The number of carboxylic acid groups (broad SMARTS) is 1. The molecule has 6 heteroatoms. The monoisotopic (exact) mass is 180 g/mol. The summed E-state index contributed by atoms with van der Waals surface area (Å²) in [6.45, 7) is 1.70. The Morgan fingerprint density at radius 3 is 2.27 bits per heavy atom. The lowest BCUT2D eigenvalue weighted by Gasteiger charge is -2.08. The molecule has 0 aromatic heterocycles. The number of hydrogen-bond acceptors (Lipinski definition) is 3. The van der Waals surface area contributed by atoms with E-state index in [0.717, 1.165) is 0 Å². The lowest BCUT2D eigenvalue weighted by molar-refractivity contribution is -0.140. The van der Waals surface area contributed by atoms with Crippen LogP contribution in [0.25, 0.3) is 0 Å². The molecule has 0 spiro atoms. The van der Waals surface area contributed by atoms with Crippen LogP contribution in [0.2, 0.25) is 0 Å². The molecule has 0 rings (SSSR count). The van der Waals surface area contributed by atoms with E-state index in [4.69, 9.17) is 15.7 Å². The molecule has 0 bridgehead atoms. The molecule has 2 unspecified atom stereocenters. The van der Waals surface area contributed by atoms with Crippen molar-refractivity contribution >= 4 is 14.0 Å². The molecule has 0 saturated carbocycles. The third-order valence-electron chi connectivity index (χ3n) is 1.34. The minimum absolute atomic E-state index is 0.00797. The van der Waals surface area contributed by atoms with E-state index in [2.05, 4.69) is 0 Å². The number of carbonyl (C=O) groups is 1. The van der Waals surface area contributed by atoms with Crippen LogP contribution >= 0.6 is 8.03 Å². The summed E-state index contributed by atoms with van der Waals surface area (Å²) in [5, 5.41) is 6.50. The van der Waals surface area contributed by atoms with Gasteiger partial charge in [0.05, 0.1) is 0 Å². The minimum atomic E-state index is -2.86. The van der Waals surface area contributed by atoms with Crippen molar-refractivity contribution in [2.45, 2.75) is 25.0 Å². The molecule has 11 heavy (non-hydrogen) atoms. The second kappa shape index (κ2) is 3.76. The van der Waals surface area contributed by atoms with E-state index in [1.54, 1.807) is 6.92 Å². The van der Waals surface area contributed by atoms with Gasteiger partial charge in [-0.1, -0.05) is 6.92 Å². The molecule has 0 aromatic rings. The van der Waals surface area contributed by atoms with Crippen molar-refractivity contribution in [3.63, 3.8) is 0 Å². The quantitative estimate of drug-likeness (QED) is 0.538. The Hall–Kier alpha value is -0.510. The molecule has 2 atom stereocenters. The van der Waals surface area contributed by atoms with Crippen LogP contribution in [0.1, 0.15) is 19.8 Å². The van der Waals surface area contributed by atoms with Crippen molar-refractivity contribution in [3.8, 4) is 0 Å².